The predicted octanol–water partition coefficient (Wildman–Crippen LogP) is 5.56. The first-order valence-corrected chi connectivity index (χ1v) is 9.83. The standard InChI is InChI=1S/C25H22N2O3/c1-17-8-12-22(13-9-17)25-27-26-24(30-25)18(2)29-23(28)16-19-10-14-21(15-11-19)20-6-4-3-5-7-20/h3-15,18H,16H2,1-2H3/t18-/m1/s1. The fraction of sp³-hybridized carbons (Fsp3) is 0.160. The lowest BCUT2D eigenvalue weighted by Crippen LogP contribution is -2.11. The third kappa shape index (κ3) is 4.63. The largest absolute Gasteiger partial charge is 0.452 e. The topological polar surface area (TPSA) is 65.2 Å². The molecule has 1 atom stereocenters. The van der Waals surface area contributed by atoms with Gasteiger partial charge in [0.15, 0.2) is 6.10 Å². The van der Waals surface area contributed by atoms with Crippen LogP contribution in [0.2, 0.25) is 0 Å². The number of rotatable bonds is 6. The fourth-order valence-electron chi connectivity index (χ4n) is 3.11. The van der Waals surface area contributed by atoms with Crippen LogP contribution in [0.4, 0.5) is 0 Å². The van der Waals surface area contributed by atoms with Gasteiger partial charge in [-0.05, 0) is 42.7 Å². The molecule has 0 aliphatic rings. The van der Waals surface area contributed by atoms with Crippen LogP contribution in [-0.2, 0) is 16.0 Å². The maximum absolute atomic E-state index is 12.4. The molecule has 0 spiro atoms. The van der Waals surface area contributed by atoms with Crippen molar-refractivity contribution in [2.75, 3.05) is 0 Å². The molecule has 30 heavy (non-hydrogen) atoms. The molecule has 1 heterocycles. The summed E-state index contributed by atoms with van der Waals surface area (Å²) in [7, 11) is 0. The molecule has 150 valence electrons. The zero-order chi connectivity index (χ0) is 20.9. The van der Waals surface area contributed by atoms with E-state index in [0.717, 1.165) is 27.8 Å². The monoisotopic (exact) mass is 398 g/mol. The third-order valence-corrected chi connectivity index (χ3v) is 4.80. The molecule has 0 aliphatic carbocycles. The van der Waals surface area contributed by atoms with Gasteiger partial charge in [0.1, 0.15) is 0 Å². The smallest absolute Gasteiger partial charge is 0.311 e. The van der Waals surface area contributed by atoms with Crippen molar-refractivity contribution in [2.24, 2.45) is 0 Å². The second kappa shape index (κ2) is 8.74. The number of esters is 1. The first kappa shape index (κ1) is 19.6. The van der Waals surface area contributed by atoms with Crippen LogP contribution >= 0.6 is 0 Å². The molecule has 4 rings (SSSR count). The minimum atomic E-state index is -0.618. The van der Waals surface area contributed by atoms with Crippen LogP contribution in [-0.4, -0.2) is 16.2 Å². The van der Waals surface area contributed by atoms with Gasteiger partial charge in [-0.2, -0.15) is 0 Å². The Labute approximate surface area is 175 Å². The van der Waals surface area contributed by atoms with Crippen molar-refractivity contribution in [3.8, 4) is 22.6 Å². The second-order valence-electron chi connectivity index (χ2n) is 7.18. The van der Waals surface area contributed by atoms with E-state index < -0.39 is 6.10 Å². The van der Waals surface area contributed by atoms with Crippen molar-refractivity contribution in [2.45, 2.75) is 26.4 Å². The lowest BCUT2D eigenvalue weighted by molar-refractivity contribution is -0.148. The predicted molar refractivity (Wildman–Crippen MR) is 115 cm³/mol. The summed E-state index contributed by atoms with van der Waals surface area (Å²) in [5.74, 6) is 0.341. The number of aryl methyl sites for hydroxylation is 1. The van der Waals surface area contributed by atoms with Gasteiger partial charge in [-0.15, -0.1) is 10.2 Å². The van der Waals surface area contributed by atoms with Crippen molar-refractivity contribution < 1.29 is 13.9 Å². The van der Waals surface area contributed by atoms with Crippen molar-refractivity contribution in [1.29, 1.82) is 0 Å². The van der Waals surface area contributed by atoms with Gasteiger partial charge in [0, 0.05) is 5.56 Å². The van der Waals surface area contributed by atoms with E-state index in [-0.39, 0.29) is 18.3 Å². The number of ether oxygens (including phenoxy) is 1. The maximum atomic E-state index is 12.4. The molecule has 0 bridgehead atoms. The Morgan fingerprint density at radius 3 is 2.20 bits per heavy atom. The van der Waals surface area contributed by atoms with Crippen LogP contribution in [0.1, 0.15) is 30.0 Å². The van der Waals surface area contributed by atoms with Crippen LogP contribution < -0.4 is 0 Å². The summed E-state index contributed by atoms with van der Waals surface area (Å²) in [6.07, 6.45) is -0.439. The molecule has 4 aromatic rings. The van der Waals surface area contributed by atoms with E-state index in [1.54, 1.807) is 6.92 Å². The van der Waals surface area contributed by atoms with Gasteiger partial charge >= 0.3 is 5.97 Å². The average Bonchev–Trinajstić information content (AvgIpc) is 3.26. The summed E-state index contributed by atoms with van der Waals surface area (Å²) < 4.78 is 11.2. The van der Waals surface area contributed by atoms with E-state index in [9.17, 15) is 4.79 Å². The molecule has 0 radical (unpaired) electrons. The SMILES string of the molecule is Cc1ccc(-c2nnc([C@@H](C)OC(=O)Cc3ccc(-c4ccccc4)cc3)o2)cc1. The second-order valence-corrected chi connectivity index (χ2v) is 7.18. The van der Waals surface area contributed by atoms with Gasteiger partial charge in [-0.1, -0.05) is 72.3 Å². The van der Waals surface area contributed by atoms with E-state index in [0.29, 0.717) is 5.89 Å². The summed E-state index contributed by atoms with van der Waals surface area (Å²) in [5.41, 5.74) is 5.11. The van der Waals surface area contributed by atoms with Gasteiger partial charge < -0.3 is 9.15 Å². The van der Waals surface area contributed by atoms with E-state index in [4.69, 9.17) is 9.15 Å². The number of carbonyl (C=O) groups is 1. The number of hydrogen-bond acceptors (Lipinski definition) is 5. The van der Waals surface area contributed by atoms with Crippen LogP contribution in [0.25, 0.3) is 22.6 Å². The molecular formula is C25H22N2O3. The van der Waals surface area contributed by atoms with E-state index >= 15 is 0 Å². The fourth-order valence-corrected chi connectivity index (χ4v) is 3.11. The highest BCUT2D eigenvalue weighted by atomic mass is 16.6. The van der Waals surface area contributed by atoms with Crippen molar-refractivity contribution in [3.63, 3.8) is 0 Å². The van der Waals surface area contributed by atoms with Gasteiger partial charge in [0.25, 0.3) is 5.89 Å². The number of aromatic nitrogens is 2. The number of carbonyl (C=O) groups excluding carboxylic acids is 1. The van der Waals surface area contributed by atoms with Gasteiger partial charge in [0.2, 0.25) is 5.89 Å². The van der Waals surface area contributed by atoms with Crippen molar-refractivity contribution in [1.82, 2.24) is 10.2 Å². The summed E-state index contributed by atoms with van der Waals surface area (Å²) in [6, 6.07) is 25.8. The molecule has 5 heteroatoms. The minimum absolute atomic E-state index is 0.179. The number of nitrogens with zero attached hydrogens (tertiary/aromatic N) is 2. The van der Waals surface area contributed by atoms with Crippen molar-refractivity contribution in [3.05, 3.63) is 95.9 Å². The quantitative estimate of drug-likeness (QED) is 0.398. The van der Waals surface area contributed by atoms with Crippen LogP contribution in [0.5, 0.6) is 0 Å². The summed E-state index contributed by atoms with van der Waals surface area (Å²) in [6.45, 7) is 3.74. The Balaban J connectivity index is 1.36. The van der Waals surface area contributed by atoms with E-state index in [1.807, 2.05) is 73.7 Å². The van der Waals surface area contributed by atoms with Gasteiger partial charge in [0.05, 0.1) is 6.42 Å². The normalized spacial score (nSPS) is 11.8. The zero-order valence-electron chi connectivity index (χ0n) is 16.9. The highest BCUT2D eigenvalue weighted by molar-refractivity contribution is 5.73. The van der Waals surface area contributed by atoms with Crippen LogP contribution in [0.15, 0.2) is 83.3 Å². The lowest BCUT2D eigenvalue weighted by Gasteiger charge is -2.10. The molecule has 0 N–H and O–H groups in total. The molecular weight excluding hydrogens is 376 g/mol. The molecule has 5 nitrogen and oxygen atoms in total. The first-order chi connectivity index (χ1) is 14.6. The third-order valence-electron chi connectivity index (χ3n) is 4.80. The molecule has 1 aromatic heterocycles. The highest BCUT2D eigenvalue weighted by Gasteiger charge is 2.19. The number of benzene rings is 3. The maximum Gasteiger partial charge on any atom is 0.311 e. The average molecular weight is 398 g/mol. The minimum Gasteiger partial charge on any atom is -0.452 e. The molecule has 3 aromatic carbocycles. The lowest BCUT2D eigenvalue weighted by atomic mass is 10.0. The Morgan fingerprint density at radius 1 is 0.867 bits per heavy atom. The van der Waals surface area contributed by atoms with Crippen LogP contribution in [0, 0.1) is 6.92 Å². The summed E-state index contributed by atoms with van der Waals surface area (Å²) in [4.78, 5) is 12.4. The zero-order valence-corrected chi connectivity index (χ0v) is 16.9. The highest BCUT2D eigenvalue weighted by Crippen LogP contribution is 2.23. The summed E-state index contributed by atoms with van der Waals surface area (Å²) >= 11 is 0. The van der Waals surface area contributed by atoms with Gasteiger partial charge in [-0.25, -0.2) is 0 Å². The molecule has 0 amide bonds. The first-order valence-electron chi connectivity index (χ1n) is 9.83. The Hall–Kier alpha value is -3.73. The summed E-state index contributed by atoms with van der Waals surface area (Å²) in [5, 5.41) is 8.09. The Kier molecular flexibility index (Phi) is 5.70. The van der Waals surface area contributed by atoms with Crippen molar-refractivity contribution >= 4 is 5.97 Å². The number of hydrogen-bond donors (Lipinski definition) is 0. The molecule has 0 saturated heterocycles. The molecule has 0 fully saturated rings. The Morgan fingerprint density at radius 2 is 1.50 bits per heavy atom. The van der Waals surface area contributed by atoms with E-state index in [2.05, 4.69) is 22.3 Å². The van der Waals surface area contributed by atoms with Gasteiger partial charge in [-0.3, -0.25) is 4.79 Å². The molecule has 0 saturated carbocycles. The van der Waals surface area contributed by atoms with E-state index in [1.165, 1.54) is 0 Å². The molecule has 0 aliphatic heterocycles. The molecule has 0 unspecified atom stereocenters. The van der Waals surface area contributed by atoms with Crippen LogP contribution in [0.3, 0.4) is 0 Å². The Bertz CT molecular complexity index is 1120.